The number of esters is 1. The molecule has 0 radical (unpaired) electrons. The number of halogens is 2. The summed E-state index contributed by atoms with van der Waals surface area (Å²) in [5.74, 6) is -0.577. The molecule has 1 aromatic rings. The zero-order valence-corrected chi connectivity index (χ0v) is 8.97. The van der Waals surface area contributed by atoms with E-state index in [9.17, 15) is 4.79 Å². The molecule has 74 valence electrons. The van der Waals surface area contributed by atoms with Gasteiger partial charge < -0.3 is 4.74 Å². The van der Waals surface area contributed by atoms with Crippen LogP contribution in [0, 0.1) is 6.92 Å². The lowest BCUT2D eigenvalue weighted by Gasteiger charge is -2.37. The van der Waals surface area contributed by atoms with E-state index in [1.165, 1.54) is 0 Å². The summed E-state index contributed by atoms with van der Waals surface area (Å²) >= 11 is 11.6. The minimum atomic E-state index is -1.42. The summed E-state index contributed by atoms with van der Waals surface area (Å²) in [5.41, 5.74) is 1.95. The Hall–Kier alpha value is -0.730. The fourth-order valence-corrected chi connectivity index (χ4v) is 1.76. The number of carbonyl (C=O) groups excluding carboxylic acids is 1. The van der Waals surface area contributed by atoms with E-state index in [2.05, 4.69) is 0 Å². The number of rotatable bonds is 1. The van der Waals surface area contributed by atoms with Crippen LogP contribution in [0.4, 0.5) is 0 Å². The third kappa shape index (κ3) is 1.39. The van der Waals surface area contributed by atoms with Crippen LogP contribution in [-0.2, 0) is 9.53 Å². The van der Waals surface area contributed by atoms with Gasteiger partial charge in [0.2, 0.25) is 0 Å². The molecule has 1 aromatic carbocycles. The van der Waals surface area contributed by atoms with Gasteiger partial charge in [0, 0.05) is 0 Å². The molecule has 1 unspecified atom stereocenters. The maximum atomic E-state index is 10.9. The van der Waals surface area contributed by atoms with Gasteiger partial charge >= 0.3 is 5.97 Å². The molecule has 1 saturated heterocycles. The van der Waals surface area contributed by atoms with E-state index in [0.29, 0.717) is 0 Å². The number of benzene rings is 1. The summed E-state index contributed by atoms with van der Waals surface area (Å²) in [6.45, 7) is 1.98. The van der Waals surface area contributed by atoms with Crippen LogP contribution in [0.2, 0.25) is 0 Å². The highest BCUT2D eigenvalue weighted by molar-refractivity contribution is 6.59. The Morgan fingerprint density at radius 3 is 2.29 bits per heavy atom. The van der Waals surface area contributed by atoms with Crippen molar-refractivity contribution in [3.05, 3.63) is 35.4 Å². The zero-order chi connectivity index (χ0) is 10.3. The van der Waals surface area contributed by atoms with Gasteiger partial charge in [-0.25, -0.2) is 4.79 Å². The Balaban J connectivity index is 2.26. The lowest BCUT2D eigenvalue weighted by atomic mass is 10.0. The van der Waals surface area contributed by atoms with E-state index >= 15 is 0 Å². The first kappa shape index (κ1) is 9.81. The minimum Gasteiger partial charge on any atom is -0.451 e. The second kappa shape index (κ2) is 3.14. The predicted molar refractivity (Wildman–Crippen MR) is 54.4 cm³/mol. The first-order valence-corrected chi connectivity index (χ1v) is 4.93. The molecule has 2 nitrogen and oxygen atoms in total. The summed E-state index contributed by atoms with van der Waals surface area (Å²) < 4.78 is 3.46. The molecule has 2 rings (SSSR count). The normalized spacial score (nSPS) is 23.9. The van der Waals surface area contributed by atoms with Crippen molar-refractivity contribution in [1.82, 2.24) is 0 Å². The van der Waals surface area contributed by atoms with E-state index in [4.69, 9.17) is 27.9 Å². The van der Waals surface area contributed by atoms with Gasteiger partial charge in [-0.05, 0) is 12.5 Å². The largest absolute Gasteiger partial charge is 0.451 e. The van der Waals surface area contributed by atoms with Crippen LogP contribution < -0.4 is 0 Å². The fraction of sp³-hybridized carbons (Fsp3) is 0.300. The quantitative estimate of drug-likeness (QED) is 0.548. The van der Waals surface area contributed by atoms with Crippen molar-refractivity contribution >= 4 is 29.2 Å². The van der Waals surface area contributed by atoms with Gasteiger partial charge in [-0.1, -0.05) is 53.0 Å². The van der Waals surface area contributed by atoms with Gasteiger partial charge in [-0.3, -0.25) is 0 Å². The van der Waals surface area contributed by atoms with E-state index in [1.54, 1.807) is 0 Å². The van der Waals surface area contributed by atoms with Crippen LogP contribution in [0.1, 0.15) is 17.2 Å². The molecular formula is C10H8Cl2O2. The van der Waals surface area contributed by atoms with Crippen molar-refractivity contribution in [3.8, 4) is 0 Å². The van der Waals surface area contributed by atoms with Crippen LogP contribution in [0.25, 0.3) is 0 Å². The number of alkyl halides is 2. The van der Waals surface area contributed by atoms with Gasteiger partial charge in [-0.15, -0.1) is 0 Å². The van der Waals surface area contributed by atoms with Crippen LogP contribution in [0.15, 0.2) is 24.3 Å². The summed E-state index contributed by atoms with van der Waals surface area (Å²) in [7, 11) is 0. The van der Waals surface area contributed by atoms with E-state index in [-0.39, 0.29) is 0 Å². The smallest absolute Gasteiger partial charge is 0.347 e. The van der Waals surface area contributed by atoms with Gasteiger partial charge in [0.15, 0.2) is 6.10 Å². The molecular weight excluding hydrogens is 223 g/mol. The average molecular weight is 231 g/mol. The molecule has 1 atom stereocenters. The second-order valence-electron chi connectivity index (χ2n) is 3.32. The molecule has 4 heteroatoms. The first-order chi connectivity index (χ1) is 6.51. The van der Waals surface area contributed by atoms with Crippen LogP contribution in [0.5, 0.6) is 0 Å². The van der Waals surface area contributed by atoms with Gasteiger partial charge in [0.05, 0.1) is 0 Å². The molecule has 0 aromatic heterocycles. The lowest BCUT2D eigenvalue weighted by molar-refractivity contribution is -0.172. The van der Waals surface area contributed by atoms with Crippen LogP contribution in [0.3, 0.4) is 0 Å². The van der Waals surface area contributed by atoms with Crippen LogP contribution in [-0.4, -0.2) is 10.3 Å². The van der Waals surface area contributed by atoms with Gasteiger partial charge in [0.1, 0.15) is 0 Å². The molecule has 1 fully saturated rings. The Labute approximate surface area is 91.8 Å². The minimum absolute atomic E-state index is 0.543. The third-order valence-electron chi connectivity index (χ3n) is 2.21. The average Bonchev–Trinajstić information content (AvgIpc) is 2.16. The lowest BCUT2D eigenvalue weighted by Crippen LogP contribution is -2.48. The third-order valence-corrected chi connectivity index (χ3v) is 2.91. The molecule has 14 heavy (non-hydrogen) atoms. The van der Waals surface area contributed by atoms with Crippen molar-refractivity contribution in [1.29, 1.82) is 0 Å². The van der Waals surface area contributed by atoms with Crippen molar-refractivity contribution < 1.29 is 9.53 Å². The molecule has 1 heterocycles. The highest BCUT2D eigenvalue weighted by Gasteiger charge is 2.56. The maximum Gasteiger partial charge on any atom is 0.347 e. The Morgan fingerprint density at radius 1 is 1.29 bits per heavy atom. The predicted octanol–water partition coefficient (Wildman–Crippen LogP) is 2.77. The van der Waals surface area contributed by atoms with Gasteiger partial charge in [-0.2, -0.15) is 0 Å². The fourth-order valence-electron chi connectivity index (χ4n) is 1.33. The number of hydrogen-bond acceptors (Lipinski definition) is 2. The van der Waals surface area contributed by atoms with E-state index in [0.717, 1.165) is 11.1 Å². The van der Waals surface area contributed by atoms with Gasteiger partial charge in [0.25, 0.3) is 4.33 Å². The Morgan fingerprint density at radius 2 is 1.86 bits per heavy atom. The summed E-state index contributed by atoms with van der Waals surface area (Å²) in [5, 5.41) is 0. The topological polar surface area (TPSA) is 26.3 Å². The zero-order valence-electron chi connectivity index (χ0n) is 7.46. The molecule has 0 bridgehead atoms. The van der Waals surface area contributed by atoms with Crippen molar-refractivity contribution in [3.63, 3.8) is 0 Å². The number of aryl methyl sites for hydroxylation is 1. The van der Waals surface area contributed by atoms with Crippen molar-refractivity contribution in [2.75, 3.05) is 0 Å². The standard InChI is InChI=1S/C10H8Cl2O2/c1-6-2-4-7(5-3-6)8-10(11,12)9(13)14-8/h2-5,8H,1H3. The summed E-state index contributed by atoms with van der Waals surface area (Å²) in [4.78, 5) is 10.9. The molecule has 0 saturated carbocycles. The van der Waals surface area contributed by atoms with Crippen molar-refractivity contribution in [2.24, 2.45) is 0 Å². The summed E-state index contributed by atoms with van der Waals surface area (Å²) in [6.07, 6.45) is -0.543. The van der Waals surface area contributed by atoms with Crippen molar-refractivity contribution in [2.45, 2.75) is 17.4 Å². The van der Waals surface area contributed by atoms with E-state index in [1.807, 2.05) is 31.2 Å². The molecule has 0 N–H and O–H groups in total. The highest BCUT2D eigenvalue weighted by Crippen LogP contribution is 2.48. The maximum absolute atomic E-state index is 10.9. The molecule has 0 aliphatic carbocycles. The summed E-state index contributed by atoms with van der Waals surface area (Å²) in [6, 6.07) is 7.55. The molecule has 0 amide bonds. The molecule has 1 aliphatic heterocycles. The number of carbonyl (C=O) groups is 1. The molecule has 1 aliphatic rings. The Kier molecular flexibility index (Phi) is 2.20. The number of hydrogen-bond donors (Lipinski definition) is 0. The SMILES string of the molecule is Cc1ccc(C2OC(=O)C2(Cl)Cl)cc1. The van der Waals surface area contributed by atoms with Crippen LogP contribution >= 0.6 is 23.2 Å². The highest BCUT2D eigenvalue weighted by atomic mass is 35.5. The van der Waals surface area contributed by atoms with E-state index < -0.39 is 16.4 Å². The molecule has 0 spiro atoms. The second-order valence-corrected chi connectivity index (χ2v) is 4.70. The number of ether oxygens (including phenoxy) is 1. The Bertz CT molecular complexity index is 370. The number of cyclic esters (lactones) is 1. The monoisotopic (exact) mass is 230 g/mol. The first-order valence-electron chi connectivity index (χ1n) is 4.17.